The number of hydrogen-bond donors (Lipinski definition) is 4. The maximum absolute atomic E-state index is 11.3. The van der Waals surface area contributed by atoms with Crippen LogP contribution in [0, 0.1) is 13.8 Å². The van der Waals surface area contributed by atoms with Crippen LogP contribution in [-0.4, -0.2) is 9.97 Å². The molecule has 0 aliphatic rings. The van der Waals surface area contributed by atoms with Crippen molar-refractivity contribution in [3.05, 3.63) is 70.4 Å². The van der Waals surface area contributed by atoms with Gasteiger partial charge >= 0.3 is 5.69 Å². The highest BCUT2D eigenvalue weighted by Crippen LogP contribution is 2.21. The first-order valence-electron chi connectivity index (χ1n) is 7.04. The fourth-order valence-electron chi connectivity index (χ4n) is 2.36. The smallest absolute Gasteiger partial charge is 0.323 e. The molecule has 5 heteroatoms. The molecule has 5 nitrogen and oxygen atoms in total. The van der Waals surface area contributed by atoms with Crippen molar-refractivity contribution >= 4 is 22.4 Å². The summed E-state index contributed by atoms with van der Waals surface area (Å²) in [6.45, 7) is 8.15. The summed E-state index contributed by atoms with van der Waals surface area (Å²) in [5, 5.41) is 6.46. The Labute approximate surface area is 128 Å². The van der Waals surface area contributed by atoms with Crippen LogP contribution in [0.1, 0.15) is 11.1 Å². The van der Waals surface area contributed by atoms with Gasteiger partial charge in [0.25, 0.3) is 0 Å². The Morgan fingerprint density at radius 1 is 1.05 bits per heavy atom. The number of hydrogen-bond acceptors (Lipinski definition) is 3. The summed E-state index contributed by atoms with van der Waals surface area (Å²) in [6.07, 6.45) is 0. The van der Waals surface area contributed by atoms with E-state index in [1.165, 1.54) is 11.1 Å². The number of aryl methyl sites for hydroxylation is 1. The summed E-state index contributed by atoms with van der Waals surface area (Å²) in [6, 6.07) is 11.7. The standard InChI is InChI=1S/C17H18N4O/c1-10-5-4-6-14(11(10)2)19-12(3)18-13-7-8-15-16(9-13)21-17(22)20-15/h4-9,18-19H,3H2,1-2H3,(H2,20,21,22). The number of benzene rings is 2. The Balaban J connectivity index is 1.77. The molecule has 3 aromatic rings. The number of aromatic nitrogens is 2. The minimum absolute atomic E-state index is 0.209. The second kappa shape index (κ2) is 5.44. The molecule has 0 unspecified atom stereocenters. The van der Waals surface area contributed by atoms with Crippen molar-refractivity contribution in [3.63, 3.8) is 0 Å². The van der Waals surface area contributed by atoms with Gasteiger partial charge in [-0.15, -0.1) is 0 Å². The maximum Gasteiger partial charge on any atom is 0.323 e. The predicted octanol–water partition coefficient (Wildman–Crippen LogP) is 3.47. The van der Waals surface area contributed by atoms with Crippen molar-refractivity contribution in [2.45, 2.75) is 13.8 Å². The molecule has 0 saturated heterocycles. The van der Waals surface area contributed by atoms with Gasteiger partial charge in [0, 0.05) is 11.4 Å². The molecule has 1 heterocycles. The minimum atomic E-state index is -0.209. The van der Waals surface area contributed by atoms with Gasteiger partial charge in [0.05, 0.1) is 11.0 Å². The fourth-order valence-corrected chi connectivity index (χ4v) is 2.36. The van der Waals surface area contributed by atoms with E-state index in [0.29, 0.717) is 5.82 Å². The molecule has 0 aliphatic carbocycles. The minimum Gasteiger partial charge on any atom is -0.342 e. The van der Waals surface area contributed by atoms with Crippen LogP contribution in [0.25, 0.3) is 11.0 Å². The number of nitrogens with one attached hydrogen (secondary N) is 4. The Kier molecular flexibility index (Phi) is 3.47. The normalized spacial score (nSPS) is 10.6. The van der Waals surface area contributed by atoms with Gasteiger partial charge in [0.15, 0.2) is 0 Å². The van der Waals surface area contributed by atoms with Gasteiger partial charge in [-0.1, -0.05) is 18.7 Å². The van der Waals surface area contributed by atoms with Crippen molar-refractivity contribution < 1.29 is 0 Å². The number of aromatic amines is 2. The Morgan fingerprint density at radius 2 is 1.82 bits per heavy atom. The number of H-pyrrole nitrogens is 2. The first kappa shape index (κ1) is 14.0. The zero-order chi connectivity index (χ0) is 15.7. The summed E-state index contributed by atoms with van der Waals surface area (Å²) >= 11 is 0. The van der Waals surface area contributed by atoms with Crippen molar-refractivity contribution in [2.24, 2.45) is 0 Å². The molecule has 0 bridgehead atoms. The van der Waals surface area contributed by atoms with Gasteiger partial charge in [-0.2, -0.15) is 0 Å². The number of rotatable bonds is 4. The Hall–Kier alpha value is -2.95. The zero-order valence-corrected chi connectivity index (χ0v) is 12.6. The molecule has 0 atom stereocenters. The van der Waals surface area contributed by atoms with Gasteiger partial charge in [0.2, 0.25) is 0 Å². The van der Waals surface area contributed by atoms with Crippen LogP contribution in [0.2, 0.25) is 0 Å². The van der Waals surface area contributed by atoms with Crippen molar-refractivity contribution in [1.82, 2.24) is 9.97 Å². The Bertz CT molecular complexity index is 904. The lowest BCUT2D eigenvalue weighted by molar-refractivity contribution is 1.21. The molecule has 0 amide bonds. The Morgan fingerprint density at radius 3 is 2.64 bits per heavy atom. The second-order valence-corrected chi connectivity index (χ2v) is 5.32. The molecule has 112 valence electrons. The predicted molar refractivity (Wildman–Crippen MR) is 91.2 cm³/mol. The highest BCUT2D eigenvalue weighted by atomic mass is 16.1. The molecule has 1 aromatic heterocycles. The van der Waals surface area contributed by atoms with Crippen molar-refractivity contribution in [2.75, 3.05) is 10.6 Å². The summed E-state index contributed by atoms with van der Waals surface area (Å²) in [5.41, 5.74) is 5.62. The summed E-state index contributed by atoms with van der Waals surface area (Å²) in [7, 11) is 0. The van der Waals surface area contributed by atoms with E-state index >= 15 is 0 Å². The van der Waals surface area contributed by atoms with E-state index in [4.69, 9.17) is 0 Å². The zero-order valence-electron chi connectivity index (χ0n) is 12.6. The van der Waals surface area contributed by atoms with Crippen LogP contribution in [0.5, 0.6) is 0 Å². The maximum atomic E-state index is 11.3. The van der Waals surface area contributed by atoms with Gasteiger partial charge in [-0.05, 0) is 49.2 Å². The average molecular weight is 294 g/mol. The van der Waals surface area contributed by atoms with E-state index in [1.54, 1.807) is 0 Å². The van der Waals surface area contributed by atoms with Crippen molar-refractivity contribution in [3.8, 4) is 0 Å². The quantitative estimate of drug-likeness (QED) is 0.595. The number of fused-ring (bicyclic) bond motifs is 1. The number of imidazole rings is 1. The number of anilines is 2. The van der Waals surface area contributed by atoms with Crippen molar-refractivity contribution in [1.29, 1.82) is 0 Å². The lowest BCUT2D eigenvalue weighted by Gasteiger charge is -2.15. The van der Waals surface area contributed by atoms with Gasteiger partial charge in [-0.3, -0.25) is 0 Å². The SMILES string of the molecule is C=C(Nc1ccc2[nH]c(=O)[nH]c2c1)Nc1cccc(C)c1C. The molecule has 3 rings (SSSR count). The van der Waals surface area contributed by atoms with Crippen LogP contribution in [0.4, 0.5) is 11.4 Å². The topological polar surface area (TPSA) is 72.7 Å². The third kappa shape index (κ3) is 2.74. The molecule has 0 radical (unpaired) electrons. The van der Waals surface area contributed by atoms with E-state index < -0.39 is 0 Å². The molecule has 0 saturated carbocycles. The van der Waals surface area contributed by atoms with E-state index in [9.17, 15) is 4.79 Å². The highest BCUT2D eigenvalue weighted by Gasteiger charge is 2.04. The van der Waals surface area contributed by atoms with E-state index in [2.05, 4.69) is 47.1 Å². The van der Waals surface area contributed by atoms with Crippen LogP contribution in [0.15, 0.2) is 53.6 Å². The lowest BCUT2D eigenvalue weighted by Crippen LogP contribution is -2.09. The molecule has 2 aromatic carbocycles. The molecular weight excluding hydrogens is 276 g/mol. The molecule has 4 N–H and O–H groups in total. The van der Waals surface area contributed by atoms with Gasteiger partial charge in [-0.25, -0.2) is 4.79 Å². The fraction of sp³-hybridized carbons (Fsp3) is 0.118. The molecule has 22 heavy (non-hydrogen) atoms. The lowest BCUT2D eigenvalue weighted by atomic mass is 10.1. The van der Waals surface area contributed by atoms with Gasteiger partial charge in [0.1, 0.15) is 5.82 Å². The molecular formula is C17H18N4O. The third-order valence-electron chi connectivity index (χ3n) is 3.70. The molecule has 0 spiro atoms. The second-order valence-electron chi connectivity index (χ2n) is 5.32. The monoisotopic (exact) mass is 294 g/mol. The van der Waals surface area contributed by atoms with Gasteiger partial charge < -0.3 is 20.6 Å². The summed E-state index contributed by atoms with van der Waals surface area (Å²) < 4.78 is 0. The van der Waals surface area contributed by atoms with E-state index in [0.717, 1.165) is 22.4 Å². The summed E-state index contributed by atoms with van der Waals surface area (Å²) in [5.74, 6) is 0.672. The van der Waals surface area contributed by atoms with Crippen LogP contribution in [0.3, 0.4) is 0 Å². The third-order valence-corrected chi connectivity index (χ3v) is 3.70. The highest BCUT2D eigenvalue weighted by molar-refractivity contribution is 5.79. The van der Waals surface area contributed by atoms with E-state index in [1.807, 2.05) is 30.3 Å². The van der Waals surface area contributed by atoms with E-state index in [-0.39, 0.29) is 5.69 Å². The molecule has 0 aliphatic heterocycles. The average Bonchev–Trinajstić information content (AvgIpc) is 2.83. The van der Waals surface area contributed by atoms with Crippen LogP contribution >= 0.6 is 0 Å². The summed E-state index contributed by atoms with van der Waals surface area (Å²) in [4.78, 5) is 16.7. The van der Waals surface area contributed by atoms with Crippen LogP contribution < -0.4 is 16.3 Å². The largest absolute Gasteiger partial charge is 0.342 e. The molecule has 0 fully saturated rings. The first-order valence-corrected chi connectivity index (χ1v) is 7.04. The van der Waals surface area contributed by atoms with Crippen LogP contribution in [-0.2, 0) is 0 Å². The first-order chi connectivity index (χ1) is 10.5.